The van der Waals surface area contributed by atoms with Gasteiger partial charge < -0.3 is 14.6 Å². The number of ether oxygens (including phenoxy) is 2. The van der Waals surface area contributed by atoms with Crippen molar-refractivity contribution in [3.05, 3.63) is 64.7 Å². The second-order valence-electron chi connectivity index (χ2n) is 5.04. The minimum Gasteiger partial charge on any atom is -0.482 e. The van der Waals surface area contributed by atoms with Crippen molar-refractivity contribution in [2.45, 2.75) is 0 Å². The lowest BCUT2D eigenvalue weighted by Crippen LogP contribution is -2.09. The SMILES string of the molecule is O=C(O)COc1ccc(Oc2ccc3ccc([N+](=O)[O-])cc3n2)cc1. The molecule has 3 rings (SSSR count). The lowest BCUT2D eigenvalue weighted by atomic mass is 10.2. The molecule has 1 heterocycles. The molecule has 8 nitrogen and oxygen atoms in total. The highest BCUT2D eigenvalue weighted by Crippen LogP contribution is 2.26. The van der Waals surface area contributed by atoms with Crippen LogP contribution >= 0.6 is 0 Å². The van der Waals surface area contributed by atoms with E-state index in [9.17, 15) is 14.9 Å². The summed E-state index contributed by atoms with van der Waals surface area (Å²) in [6.45, 7) is -0.425. The summed E-state index contributed by atoms with van der Waals surface area (Å²) in [4.78, 5) is 25.1. The van der Waals surface area contributed by atoms with Crippen LogP contribution < -0.4 is 9.47 Å². The Morgan fingerprint density at radius 3 is 2.44 bits per heavy atom. The van der Waals surface area contributed by atoms with Gasteiger partial charge in [-0.2, -0.15) is 0 Å². The Morgan fingerprint density at radius 1 is 1.08 bits per heavy atom. The summed E-state index contributed by atoms with van der Waals surface area (Å²) in [7, 11) is 0. The van der Waals surface area contributed by atoms with Crippen molar-refractivity contribution in [1.29, 1.82) is 0 Å². The molecule has 0 amide bonds. The third-order valence-corrected chi connectivity index (χ3v) is 3.27. The minimum atomic E-state index is -1.06. The Labute approximate surface area is 141 Å². The van der Waals surface area contributed by atoms with Gasteiger partial charge in [0.15, 0.2) is 6.61 Å². The zero-order valence-electron chi connectivity index (χ0n) is 12.8. The largest absolute Gasteiger partial charge is 0.482 e. The van der Waals surface area contributed by atoms with Crippen molar-refractivity contribution in [1.82, 2.24) is 4.98 Å². The summed E-state index contributed by atoms with van der Waals surface area (Å²) in [5.74, 6) is 0.0961. The van der Waals surface area contributed by atoms with Crippen molar-refractivity contribution < 1.29 is 24.3 Å². The molecule has 1 aromatic heterocycles. The summed E-state index contributed by atoms with van der Waals surface area (Å²) in [6, 6.07) is 14.2. The number of hydrogen-bond donors (Lipinski definition) is 1. The number of carbonyl (C=O) groups is 1. The molecular weight excluding hydrogens is 328 g/mol. The predicted molar refractivity (Wildman–Crippen MR) is 88.0 cm³/mol. The van der Waals surface area contributed by atoms with Gasteiger partial charge in [0.25, 0.3) is 5.69 Å². The number of nitro groups is 1. The van der Waals surface area contributed by atoms with Crippen LogP contribution in [0.4, 0.5) is 5.69 Å². The second-order valence-corrected chi connectivity index (χ2v) is 5.04. The van der Waals surface area contributed by atoms with Gasteiger partial charge in [-0.3, -0.25) is 10.1 Å². The molecule has 3 aromatic rings. The number of aromatic nitrogens is 1. The summed E-state index contributed by atoms with van der Waals surface area (Å²) >= 11 is 0. The molecule has 0 aliphatic rings. The van der Waals surface area contributed by atoms with E-state index in [0.717, 1.165) is 5.39 Å². The Morgan fingerprint density at radius 2 is 1.76 bits per heavy atom. The average Bonchev–Trinajstić information content (AvgIpc) is 2.60. The lowest BCUT2D eigenvalue weighted by molar-refractivity contribution is -0.384. The maximum Gasteiger partial charge on any atom is 0.341 e. The van der Waals surface area contributed by atoms with Gasteiger partial charge in [0.05, 0.1) is 10.4 Å². The van der Waals surface area contributed by atoms with Crippen LogP contribution in [0.2, 0.25) is 0 Å². The number of benzene rings is 2. The maximum atomic E-state index is 10.8. The van der Waals surface area contributed by atoms with Crippen molar-refractivity contribution >= 4 is 22.6 Å². The third kappa shape index (κ3) is 3.99. The first-order valence-electron chi connectivity index (χ1n) is 7.19. The fraction of sp³-hybridized carbons (Fsp3) is 0.0588. The number of rotatable bonds is 6. The van der Waals surface area contributed by atoms with Crippen molar-refractivity contribution in [2.24, 2.45) is 0 Å². The Bertz CT molecular complexity index is 940. The molecule has 8 heteroatoms. The monoisotopic (exact) mass is 340 g/mol. The molecule has 1 N–H and O–H groups in total. The van der Waals surface area contributed by atoms with E-state index in [2.05, 4.69) is 4.98 Å². The molecule has 0 bridgehead atoms. The molecule has 126 valence electrons. The van der Waals surface area contributed by atoms with Crippen LogP contribution in [0.15, 0.2) is 54.6 Å². The first-order valence-corrected chi connectivity index (χ1v) is 7.19. The van der Waals surface area contributed by atoms with E-state index in [1.54, 1.807) is 42.5 Å². The van der Waals surface area contributed by atoms with Gasteiger partial charge in [0, 0.05) is 23.6 Å². The fourth-order valence-corrected chi connectivity index (χ4v) is 2.13. The molecule has 25 heavy (non-hydrogen) atoms. The van der Waals surface area contributed by atoms with E-state index >= 15 is 0 Å². The highest BCUT2D eigenvalue weighted by molar-refractivity contribution is 5.81. The zero-order chi connectivity index (χ0) is 17.8. The van der Waals surface area contributed by atoms with Crippen LogP contribution in [0.3, 0.4) is 0 Å². The van der Waals surface area contributed by atoms with Gasteiger partial charge in [-0.15, -0.1) is 0 Å². The summed E-state index contributed by atoms with van der Waals surface area (Å²) < 4.78 is 10.6. The van der Waals surface area contributed by atoms with Gasteiger partial charge in [0.1, 0.15) is 11.5 Å². The van der Waals surface area contributed by atoms with Crippen LogP contribution in [-0.2, 0) is 4.79 Å². The third-order valence-electron chi connectivity index (χ3n) is 3.27. The number of carboxylic acids is 1. The topological polar surface area (TPSA) is 112 Å². The fourth-order valence-electron chi connectivity index (χ4n) is 2.13. The zero-order valence-corrected chi connectivity index (χ0v) is 12.8. The molecule has 0 saturated heterocycles. The molecule has 0 radical (unpaired) electrons. The van der Waals surface area contributed by atoms with E-state index in [4.69, 9.17) is 14.6 Å². The van der Waals surface area contributed by atoms with Gasteiger partial charge in [0.2, 0.25) is 5.88 Å². The first-order chi connectivity index (χ1) is 12.0. The van der Waals surface area contributed by atoms with E-state index in [1.165, 1.54) is 12.1 Å². The quantitative estimate of drug-likeness (QED) is 0.540. The van der Waals surface area contributed by atoms with Crippen LogP contribution in [0.25, 0.3) is 10.9 Å². The molecular formula is C17H12N2O6. The number of aliphatic carboxylic acids is 1. The van der Waals surface area contributed by atoms with E-state index in [0.29, 0.717) is 17.0 Å². The van der Waals surface area contributed by atoms with Gasteiger partial charge in [-0.05, 0) is 36.4 Å². The normalized spacial score (nSPS) is 10.4. The highest BCUT2D eigenvalue weighted by atomic mass is 16.6. The number of hydrogen-bond acceptors (Lipinski definition) is 6. The Hall–Kier alpha value is -3.68. The number of fused-ring (bicyclic) bond motifs is 1. The molecule has 0 aliphatic carbocycles. The number of non-ortho nitro benzene ring substituents is 1. The first kappa shape index (κ1) is 16.2. The van der Waals surface area contributed by atoms with Crippen LogP contribution in [-0.4, -0.2) is 27.6 Å². The standard InChI is InChI=1S/C17H12N2O6/c20-17(21)10-24-13-4-6-14(7-5-13)25-16-8-2-11-1-3-12(19(22)23)9-15(11)18-16/h1-9H,10H2,(H,20,21). The van der Waals surface area contributed by atoms with Crippen molar-refractivity contribution in [3.63, 3.8) is 0 Å². The Kier molecular flexibility index (Phi) is 4.42. The second kappa shape index (κ2) is 6.83. The average molecular weight is 340 g/mol. The molecule has 0 atom stereocenters. The van der Waals surface area contributed by atoms with E-state index < -0.39 is 17.5 Å². The molecule has 0 saturated carbocycles. The van der Waals surface area contributed by atoms with Gasteiger partial charge in [-0.1, -0.05) is 0 Å². The van der Waals surface area contributed by atoms with Crippen molar-refractivity contribution in [2.75, 3.05) is 6.61 Å². The van der Waals surface area contributed by atoms with E-state index in [1.807, 2.05) is 0 Å². The number of nitro benzene ring substituents is 1. The van der Waals surface area contributed by atoms with Gasteiger partial charge >= 0.3 is 5.97 Å². The summed E-state index contributed by atoms with van der Waals surface area (Å²) in [5, 5.41) is 20.2. The smallest absolute Gasteiger partial charge is 0.341 e. The molecule has 0 unspecified atom stereocenters. The van der Waals surface area contributed by atoms with E-state index in [-0.39, 0.29) is 11.6 Å². The van der Waals surface area contributed by atoms with Crippen LogP contribution in [0, 0.1) is 10.1 Å². The lowest BCUT2D eigenvalue weighted by Gasteiger charge is -2.07. The number of carboxylic acid groups (broad SMARTS) is 1. The Balaban J connectivity index is 1.77. The van der Waals surface area contributed by atoms with Gasteiger partial charge in [-0.25, -0.2) is 9.78 Å². The predicted octanol–water partition coefficient (Wildman–Crippen LogP) is 3.40. The number of pyridine rings is 1. The van der Waals surface area contributed by atoms with Crippen LogP contribution in [0.5, 0.6) is 17.4 Å². The summed E-state index contributed by atoms with van der Waals surface area (Å²) in [6.07, 6.45) is 0. The minimum absolute atomic E-state index is 0.0444. The number of nitrogens with zero attached hydrogens (tertiary/aromatic N) is 2. The molecule has 2 aromatic carbocycles. The molecule has 0 aliphatic heterocycles. The van der Waals surface area contributed by atoms with Crippen molar-refractivity contribution in [3.8, 4) is 17.4 Å². The maximum absolute atomic E-state index is 10.8. The highest BCUT2D eigenvalue weighted by Gasteiger charge is 2.08. The van der Waals surface area contributed by atoms with Crippen LogP contribution in [0.1, 0.15) is 0 Å². The molecule has 0 spiro atoms. The molecule has 0 fully saturated rings. The summed E-state index contributed by atoms with van der Waals surface area (Å²) in [5.41, 5.74) is 0.408.